The van der Waals surface area contributed by atoms with Gasteiger partial charge in [0.2, 0.25) is 0 Å². The zero-order valence-corrected chi connectivity index (χ0v) is 10.9. The first-order valence-corrected chi connectivity index (χ1v) is 6.62. The van der Waals surface area contributed by atoms with Gasteiger partial charge in [-0.3, -0.25) is 0 Å². The van der Waals surface area contributed by atoms with E-state index in [1.165, 1.54) is 19.5 Å². The Kier molecular flexibility index (Phi) is 4.57. The third-order valence-corrected chi connectivity index (χ3v) is 3.50. The number of nitrogens with zero attached hydrogens (tertiary/aromatic N) is 2. The van der Waals surface area contributed by atoms with Crippen molar-refractivity contribution in [3.63, 3.8) is 0 Å². The number of hydrogen-bond donors (Lipinski definition) is 1. The summed E-state index contributed by atoms with van der Waals surface area (Å²) in [6, 6.07) is 0. The van der Waals surface area contributed by atoms with E-state index < -0.39 is 0 Å². The molecule has 0 amide bonds. The number of likely N-dealkylation sites (tertiary alicyclic amines) is 1. The Morgan fingerprint density at radius 2 is 2.47 bits per heavy atom. The number of nitrogens with one attached hydrogen (secondary N) is 1. The van der Waals surface area contributed by atoms with Gasteiger partial charge in [0.1, 0.15) is 5.76 Å². The van der Waals surface area contributed by atoms with Gasteiger partial charge in [0, 0.05) is 25.9 Å². The highest BCUT2D eigenvalue weighted by atomic mass is 16.4. The molecule has 1 aliphatic rings. The van der Waals surface area contributed by atoms with Crippen molar-refractivity contribution in [1.82, 2.24) is 15.2 Å². The monoisotopic (exact) mass is 237 g/mol. The van der Waals surface area contributed by atoms with Gasteiger partial charge in [-0.05, 0) is 32.5 Å². The highest BCUT2D eigenvalue weighted by molar-refractivity contribution is 4.96. The average Bonchev–Trinajstić information content (AvgIpc) is 2.96. The second kappa shape index (κ2) is 6.17. The SMILES string of the molecule is CCN1CCC(Cc2ncc(CCNC)o2)C1. The summed E-state index contributed by atoms with van der Waals surface area (Å²) < 4.78 is 5.75. The molecule has 2 rings (SSSR count). The van der Waals surface area contributed by atoms with Crippen molar-refractivity contribution in [3.05, 3.63) is 17.8 Å². The molecule has 1 fully saturated rings. The Hall–Kier alpha value is -0.870. The van der Waals surface area contributed by atoms with Crippen molar-refractivity contribution >= 4 is 0 Å². The van der Waals surface area contributed by atoms with E-state index >= 15 is 0 Å². The number of likely N-dealkylation sites (N-methyl/N-ethyl adjacent to an activating group) is 1. The minimum absolute atomic E-state index is 0.728. The molecule has 0 radical (unpaired) electrons. The van der Waals surface area contributed by atoms with Crippen LogP contribution in [0, 0.1) is 5.92 Å². The van der Waals surface area contributed by atoms with E-state index in [0.29, 0.717) is 0 Å². The highest BCUT2D eigenvalue weighted by Gasteiger charge is 2.22. The molecule has 1 unspecified atom stereocenters. The van der Waals surface area contributed by atoms with Gasteiger partial charge in [-0.15, -0.1) is 0 Å². The van der Waals surface area contributed by atoms with Crippen LogP contribution >= 0.6 is 0 Å². The third-order valence-electron chi connectivity index (χ3n) is 3.50. The second-order valence-electron chi connectivity index (χ2n) is 4.83. The molecule has 1 aliphatic heterocycles. The van der Waals surface area contributed by atoms with E-state index in [2.05, 4.69) is 22.1 Å². The number of oxazole rings is 1. The van der Waals surface area contributed by atoms with Crippen LogP contribution in [-0.4, -0.2) is 43.1 Å². The molecule has 0 aliphatic carbocycles. The summed E-state index contributed by atoms with van der Waals surface area (Å²) in [7, 11) is 1.95. The molecule has 1 N–H and O–H groups in total. The summed E-state index contributed by atoms with van der Waals surface area (Å²) in [4.78, 5) is 6.87. The summed E-state index contributed by atoms with van der Waals surface area (Å²) in [5, 5.41) is 3.12. The fourth-order valence-corrected chi connectivity index (χ4v) is 2.42. The second-order valence-corrected chi connectivity index (χ2v) is 4.83. The van der Waals surface area contributed by atoms with Crippen molar-refractivity contribution in [2.45, 2.75) is 26.2 Å². The Labute approximate surface area is 103 Å². The first-order valence-electron chi connectivity index (χ1n) is 6.62. The van der Waals surface area contributed by atoms with Gasteiger partial charge in [0.25, 0.3) is 0 Å². The fraction of sp³-hybridized carbons (Fsp3) is 0.769. The molecule has 0 spiro atoms. The zero-order valence-electron chi connectivity index (χ0n) is 10.9. The lowest BCUT2D eigenvalue weighted by Crippen LogP contribution is -2.20. The van der Waals surface area contributed by atoms with Crippen LogP contribution in [0.1, 0.15) is 25.0 Å². The van der Waals surface area contributed by atoms with E-state index in [-0.39, 0.29) is 0 Å². The van der Waals surface area contributed by atoms with E-state index in [0.717, 1.165) is 43.5 Å². The van der Waals surface area contributed by atoms with Gasteiger partial charge in [0.15, 0.2) is 5.89 Å². The average molecular weight is 237 g/mol. The lowest BCUT2D eigenvalue weighted by atomic mass is 10.1. The van der Waals surface area contributed by atoms with Crippen LogP contribution in [0.4, 0.5) is 0 Å². The van der Waals surface area contributed by atoms with Gasteiger partial charge < -0.3 is 14.6 Å². The van der Waals surface area contributed by atoms with Gasteiger partial charge >= 0.3 is 0 Å². The predicted octanol–water partition coefficient (Wildman–Crippen LogP) is 1.32. The summed E-state index contributed by atoms with van der Waals surface area (Å²) in [5.41, 5.74) is 0. The molecular weight excluding hydrogens is 214 g/mol. The van der Waals surface area contributed by atoms with Crippen LogP contribution in [0.2, 0.25) is 0 Å². The lowest BCUT2D eigenvalue weighted by molar-refractivity contribution is 0.333. The number of hydrogen-bond acceptors (Lipinski definition) is 4. The molecule has 4 heteroatoms. The summed E-state index contributed by atoms with van der Waals surface area (Å²) in [5.74, 6) is 2.64. The van der Waals surface area contributed by atoms with Gasteiger partial charge in [-0.1, -0.05) is 6.92 Å². The summed E-state index contributed by atoms with van der Waals surface area (Å²) in [6.07, 6.45) is 5.08. The van der Waals surface area contributed by atoms with Crippen LogP contribution < -0.4 is 5.32 Å². The molecule has 0 saturated carbocycles. The highest BCUT2D eigenvalue weighted by Crippen LogP contribution is 2.20. The van der Waals surface area contributed by atoms with Gasteiger partial charge in [-0.2, -0.15) is 0 Å². The molecule has 0 bridgehead atoms. The minimum Gasteiger partial charge on any atom is -0.446 e. The van der Waals surface area contributed by atoms with Crippen LogP contribution in [-0.2, 0) is 12.8 Å². The summed E-state index contributed by atoms with van der Waals surface area (Å²) in [6.45, 7) is 6.76. The number of rotatable bonds is 6. The normalized spacial score (nSPS) is 21.2. The molecule has 4 nitrogen and oxygen atoms in total. The topological polar surface area (TPSA) is 41.3 Å². The van der Waals surface area contributed by atoms with Crippen molar-refractivity contribution in [2.75, 3.05) is 33.2 Å². The largest absolute Gasteiger partial charge is 0.446 e. The molecule has 1 aromatic rings. The number of aromatic nitrogens is 1. The summed E-state index contributed by atoms with van der Waals surface area (Å²) >= 11 is 0. The van der Waals surface area contributed by atoms with Crippen molar-refractivity contribution in [3.8, 4) is 0 Å². The first kappa shape index (κ1) is 12.6. The smallest absolute Gasteiger partial charge is 0.194 e. The van der Waals surface area contributed by atoms with Crippen LogP contribution in [0.25, 0.3) is 0 Å². The Morgan fingerprint density at radius 1 is 1.59 bits per heavy atom. The minimum atomic E-state index is 0.728. The third kappa shape index (κ3) is 3.54. The van der Waals surface area contributed by atoms with Crippen molar-refractivity contribution in [1.29, 1.82) is 0 Å². The molecule has 96 valence electrons. The van der Waals surface area contributed by atoms with Crippen LogP contribution in [0.15, 0.2) is 10.6 Å². The predicted molar refractivity (Wildman–Crippen MR) is 68.1 cm³/mol. The molecule has 1 atom stereocenters. The maximum absolute atomic E-state index is 5.75. The maximum Gasteiger partial charge on any atom is 0.194 e. The molecule has 2 heterocycles. The fourth-order valence-electron chi connectivity index (χ4n) is 2.42. The van der Waals surface area contributed by atoms with Gasteiger partial charge in [0.05, 0.1) is 6.20 Å². The molecule has 1 saturated heterocycles. The lowest BCUT2D eigenvalue weighted by Gasteiger charge is -2.11. The quantitative estimate of drug-likeness (QED) is 0.810. The van der Waals surface area contributed by atoms with Gasteiger partial charge in [-0.25, -0.2) is 4.98 Å². The molecule has 17 heavy (non-hydrogen) atoms. The van der Waals surface area contributed by atoms with E-state index in [1.807, 2.05) is 13.2 Å². The van der Waals surface area contributed by atoms with E-state index in [4.69, 9.17) is 4.42 Å². The van der Waals surface area contributed by atoms with Crippen LogP contribution in [0.3, 0.4) is 0 Å². The van der Waals surface area contributed by atoms with E-state index in [1.54, 1.807) is 0 Å². The Morgan fingerprint density at radius 3 is 3.18 bits per heavy atom. The Bertz CT molecular complexity index is 337. The molecular formula is C13H23N3O. The standard InChI is InChI=1S/C13H23N3O/c1-3-16-7-5-11(10-16)8-13-15-9-12(17-13)4-6-14-2/h9,11,14H,3-8,10H2,1-2H3. The molecule has 1 aromatic heterocycles. The van der Waals surface area contributed by atoms with Crippen molar-refractivity contribution in [2.24, 2.45) is 5.92 Å². The van der Waals surface area contributed by atoms with E-state index in [9.17, 15) is 0 Å². The first-order chi connectivity index (χ1) is 8.31. The zero-order chi connectivity index (χ0) is 12.1. The Balaban J connectivity index is 1.80. The maximum atomic E-state index is 5.75. The molecule has 0 aromatic carbocycles. The van der Waals surface area contributed by atoms with Crippen LogP contribution in [0.5, 0.6) is 0 Å². The van der Waals surface area contributed by atoms with Crippen molar-refractivity contribution < 1.29 is 4.42 Å².